The van der Waals surface area contributed by atoms with Crippen LogP contribution in [0.4, 0.5) is 0 Å². The fourth-order valence-electron chi connectivity index (χ4n) is 2.14. The minimum atomic E-state index is 0.835. The molecule has 0 aliphatic carbocycles. The van der Waals surface area contributed by atoms with Crippen molar-refractivity contribution in [2.75, 3.05) is 0 Å². The van der Waals surface area contributed by atoms with Gasteiger partial charge in [0.2, 0.25) is 0 Å². The number of halogens is 1. The standard InChI is InChI=1S/C15H13ClN2/c1-2-10-3-4-12(8-14(10)16)11-5-6-15-13(7-11)9-17-18-15/h3-9H,2H2,1H3,(H,17,18). The molecular weight excluding hydrogens is 244 g/mol. The van der Waals surface area contributed by atoms with Crippen molar-refractivity contribution < 1.29 is 0 Å². The average Bonchev–Trinajstić information content (AvgIpc) is 2.85. The summed E-state index contributed by atoms with van der Waals surface area (Å²) in [6.07, 6.45) is 2.79. The lowest BCUT2D eigenvalue weighted by Crippen LogP contribution is -1.84. The van der Waals surface area contributed by atoms with E-state index in [0.717, 1.165) is 33.5 Å². The second kappa shape index (κ2) is 4.46. The predicted molar refractivity (Wildman–Crippen MR) is 75.9 cm³/mol. The SMILES string of the molecule is CCc1ccc(-c2ccc3[nH]ncc3c2)cc1Cl. The zero-order chi connectivity index (χ0) is 12.5. The van der Waals surface area contributed by atoms with E-state index in [1.165, 1.54) is 5.56 Å². The number of aromatic nitrogens is 2. The Morgan fingerprint density at radius 1 is 1.11 bits per heavy atom. The third-order valence-electron chi connectivity index (χ3n) is 3.21. The number of aryl methyl sites for hydroxylation is 1. The molecule has 1 heterocycles. The monoisotopic (exact) mass is 256 g/mol. The van der Waals surface area contributed by atoms with E-state index in [0.29, 0.717) is 0 Å². The summed E-state index contributed by atoms with van der Waals surface area (Å²) in [5.41, 5.74) is 4.54. The molecule has 90 valence electrons. The van der Waals surface area contributed by atoms with Crippen LogP contribution < -0.4 is 0 Å². The van der Waals surface area contributed by atoms with Crippen molar-refractivity contribution in [3.8, 4) is 11.1 Å². The molecule has 0 aliphatic rings. The summed E-state index contributed by atoms with van der Waals surface area (Å²) in [4.78, 5) is 0. The molecule has 3 rings (SSSR count). The van der Waals surface area contributed by atoms with Crippen molar-refractivity contribution in [1.82, 2.24) is 10.2 Å². The molecule has 0 spiro atoms. The number of hydrogen-bond acceptors (Lipinski definition) is 1. The number of hydrogen-bond donors (Lipinski definition) is 1. The smallest absolute Gasteiger partial charge is 0.0650 e. The number of H-pyrrole nitrogens is 1. The molecule has 3 heteroatoms. The van der Waals surface area contributed by atoms with Crippen molar-refractivity contribution >= 4 is 22.5 Å². The Labute approximate surface area is 111 Å². The van der Waals surface area contributed by atoms with E-state index in [4.69, 9.17) is 11.6 Å². The Kier molecular flexibility index (Phi) is 2.80. The minimum absolute atomic E-state index is 0.835. The number of nitrogens with zero attached hydrogens (tertiary/aromatic N) is 1. The van der Waals surface area contributed by atoms with Crippen molar-refractivity contribution in [3.05, 3.63) is 53.2 Å². The number of aromatic amines is 1. The topological polar surface area (TPSA) is 28.7 Å². The van der Waals surface area contributed by atoms with Gasteiger partial charge in [-0.15, -0.1) is 0 Å². The third-order valence-corrected chi connectivity index (χ3v) is 3.56. The summed E-state index contributed by atoms with van der Waals surface area (Å²) in [6, 6.07) is 12.5. The zero-order valence-corrected chi connectivity index (χ0v) is 10.8. The highest BCUT2D eigenvalue weighted by Crippen LogP contribution is 2.27. The Bertz CT molecular complexity index is 701. The van der Waals surface area contributed by atoms with Crippen molar-refractivity contribution in [2.45, 2.75) is 13.3 Å². The maximum Gasteiger partial charge on any atom is 0.0650 e. The van der Waals surface area contributed by atoms with Crippen LogP contribution in [0.3, 0.4) is 0 Å². The first-order valence-corrected chi connectivity index (χ1v) is 6.37. The third kappa shape index (κ3) is 1.89. The van der Waals surface area contributed by atoms with Crippen LogP contribution in [0.1, 0.15) is 12.5 Å². The zero-order valence-electron chi connectivity index (χ0n) is 10.1. The molecule has 0 bridgehead atoms. The summed E-state index contributed by atoms with van der Waals surface area (Å²) in [6.45, 7) is 2.11. The lowest BCUT2D eigenvalue weighted by atomic mass is 10.0. The second-order valence-electron chi connectivity index (χ2n) is 4.33. The average molecular weight is 257 g/mol. The molecule has 2 nitrogen and oxygen atoms in total. The van der Waals surface area contributed by atoms with Gasteiger partial charge in [0.1, 0.15) is 0 Å². The molecule has 1 aromatic heterocycles. The van der Waals surface area contributed by atoms with E-state index in [-0.39, 0.29) is 0 Å². The van der Waals surface area contributed by atoms with Crippen molar-refractivity contribution in [1.29, 1.82) is 0 Å². The van der Waals surface area contributed by atoms with Gasteiger partial charge >= 0.3 is 0 Å². The molecule has 0 unspecified atom stereocenters. The molecule has 18 heavy (non-hydrogen) atoms. The number of fused-ring (bicyclic) bond motifs is 1. The summed E-state index contributed by atoms with van der Waals surface area (Å²) in [5.74, 6) is 0. The first-order valence-electron chi connectivity index (χ1n) is 6.00. The summed E-state index contributed by atoms with van der Waals surface area (Å²) < 4.78 is 0. The highest BCUT2D eigenvalue weighted by molar-refractivity contribution is 6.31. The molecule has 0 amide bonds. The first-order chi connectivity index (χ1) is 8.78. The van der Waals surface area contributed by atoms with Gasteiger partial charge in [0.25, 0.3) is 0 Å². The molecule has 0 aliphatic heterocycles. The number of benzene rings is 2. The maximum absolute atomic E-state index is 6.26. The van der Waals surface area contributed by atoms with Gasteiger partial charge < -0.3 is 0 Å². The molecule has 0 saturated carbocycles. The van der Waals surface area contributed by atoms with Crippen molar-refractivity contribution in [3.63, 3.8) is 0 Å². The van der Waals surface area contributed by atoms with Gasteiger partial charge in [-0.1, -0.05) is 36.7 Å². The van der Waals surface area contributed by atoms with Crippen LogP contribution in [-0.4, -0.2) is 10.2 Å². The van der Waals surface area contributed by atoms with Gasteiger partial charge in [-0.3, -0.25) is 5.10 Å². The molecule has 0 fully saturated rings. The van der Waals surface area contributed by atoms with Crippen LogP contribution >= 0.6 is 11.6 Å². The number of nitrogens with one attached hydrogen (secondary N) is 1. The number of rotatable bonds is 2. The fourth-order valence-corrected chi connectivity index (χ4v) is 2.45. The molecule has 3 aromatic rings. The van der Waals surface area contributed by atoms with Gasteiger partial charge in [-0.05, 0) is 41.3 Å². The highest BCUT2D eigenvalue weighted by atomic mass is 35.5. The van der Waals surface area contributed by atoms with E-state index >= 15 is 0 Å². The fraction of sp³-hybridized carbons (Fsp3) is 0.133. The maximum atomic E-state index is 6.26. The Hall–Kier alpha value is -1.80. The van der Waals surface area contributed by atoms with Crippen LogP contribution in [0, 0.1) is 0 Å². The molecule has 0 saturated heterocycles. The second-order valence-corrected chi connectivity index (χ2v) is 4.74. The van der Waals surface area contributed by atoms with Gasteiger partial charge in [0, 0.05) is 10.4 Å². The van der Waals surface area contributed by atoms with Crippen LogP contribution in [0.5, 0.6) is 0 Å². The van der Waals surface area contributed by atoms with Crippen LogP contribution in [-0.2, 0) is 6.42 Å². The summed E-state index contributed by atoms with van der Waals surface area (Å²) >= 11 is 6.26. The van der Waals surface area contributed by atoms with E-state index < -0.39 is 0 Å². The Morgan fingerprint density at radius 2 is 1.89 bits per heavy atom. The van der Waals surface area contributed by atoms with Gasteiger partial charge in [-0.2, -0.15) is 5.10 Å². The van der Waals surface area contributed by atoms with Crippen LogP contribution in [0.25, 0.3) is 22.0 Å². The normalized spacial score (nSPS) is 11.0. The minimum Gasteiger partial charge on any atom is -0.278 e. The van der Waals surface area contributed by atoms with Crippen molar-refractivity contribution in [2.24, 2.45) is 0 Å². The first kappa shape index (κ1) is 11.3. The van der Waals surface area contributed by atoms with Gasteiger partial charge in [0.05, 0.1) is 11.7 Å². The van der Waals surface area contributed by atoms with E-state index in [2.05, 4.69) is 41.4 Å². The van der Waals surface area contributed by atoms with E-state index in [1.807, 2.05) is 18.3 Å². The molecule has 1 N–H and O–H groups in total. The lowest BCUT2D eigenvalue weighted by molar-refractivity contribution is 1.12. The van der Waals surface area contributed by atoms with Crippen LogP contribution in [0.2, 0.25) is 5.02 Å². The van der Waals surface area contributed by atoms with E-state index in [1.54, 1.807) is 0 Å². The molecule has 2 aromatic carbocycles. The Morgan fingerprint density at radius 3 is 2.67 bits per heavy atom. The molecule has 0 radical (unpaired) electrons. The van der Waals surface area contributed by atoms with E-state index in [9.17, 15) is 0 Å². The quantitative estimate of drug-likeness (QED) is 0.721. The predicted octanol–water partition coefficient (Wildman–Crippen LogP) is 4.45. The molecular formula is C15H13ClN2. The summed E-state index contributed by atoms with van der Waals surface area (Å²) in [5, 5.41) is 8.93. The Balaban J connectivity index is 2.10. The summed E-state index contributed by atoms with van der Waals surface area (Å²) in [7, 11) is 0. The lowest BCUT2D eigenvalue weighted by Gasteiger charge is -2.06. The van der Waals surface area contributed by atoms with Gasteiger partial charge in [0.15, 0.2) is 0 Å². The molecule has 0 atom stereocenters. The van der Waals surface area contributed by atoms with Gasteiger partial charge in [-0.25, -0.2) is 0 Å². The largest absolute Gasteiger partial charge is 0.278 e. The highest BCUT2D eigenvalue weighted by Gasteiger charge is 2.04. The van der Waals surface area contributed by atoms with Crippen LogP contribution in [0.15, 0.2) is 42.6 Å².